The molecule has 1 rings (SSSR count). The van der Waals surface area contributed by atoms with Crippen molar-refractivity contribution in [2.75, 3.05) is 14.1 Å². The summed E-state index contributed by atoms with van der Waals surface area (Å²) in [5.74, 6) is 0. The second-order valence-electron chi connectivity index (χ2n) is 2.85. The van der Waals surface area contributed by atoms with Crippen molar-refractivity contribution < 1.29 is 4.59 Å². The van der Waals surface area contributed by atoms with Gasteiger partial charge in [-0.15, -0.1) is 0 Å². The molecular formula is C6H13N2+. The molecule has 0 spiro atoms. The van der Waals surface area contributed by atoms with E-state index in [1.54, 1.807) is 0 Å². The van der Waals surface area contributed by atoms with Crippen LogP contribution >= 0.6 is 0 Å². The summed E-state index contributed by atoms with van der Waals surface area (Å²) in [7, 11) is 4.18. The average molecular weight is 113 g/mol. The van der Waals surface area contributed by atoms with E-state index in [2.05, 4.69) is 25.9 Å². The normalized spacial score (nSPS) is 20.8. The van der Waals surface area contributed by atoms with Gasteiger partial charge in [-0.3, -0.25) is 0 Å². The Bertz CT molecular complexity index is 103. The molecule has 8 heavy (non-hydrogen) atoms. The Morgan fingerprint density at radius 2 is 2.00 bits per heavy atom. The third-order valence-corrected chi connectivity index (χ3v) is 1.80. The van der Waals surface area contributed by atoms with Crippen molar-refractivity contribution in [3.05, 3.63) is 0 Å². The monoisotopic (exact) mass is 113 g/mol. The molecule has 0 heterocycles. The van der Waals surface area contributed by atoms with E-state index in [4.69, 9.17) is 0 Å². The van der Waals surface area contributed by atoms with Crippen molar-refractivity contribution in [1.29, 1.82) is 0 Å². The molecule has 0 atom stereocenters. The van der Waals surface area contributed by atoms with Gasteiger partial charge in [0.2, 0.25) is 0 Å². The molecule has 0 radical (unpaired) electrons. The van der Waals surface area contributed by atoms with E-state index in [9.17, 15) is 0 Å². The predicted octanol–water partition coefficient (Wildman–Crippen LogP) is 0.841. The summed E-state index contributed by atoms with van der Waals surface area (Å²) in [5.41, 5.74) is 0. The molecule has 0 N–H and O–H groups in total. The summed E-state index contributed by atoms with van der Waals surface area (Å²) >= 11 is 0. The van der Waals surface area contributed by atoms with E-state index in [-0.39, 0.29) is 0 Å². The van der Waals surface area contributed by atoms with Gasteiger partial charge in [0.05, 0.1) is 14.1 Å². The predicted molar refractivity (Wildman–Crippen MR) is 34.7 cm³/mol. The van der Waals surface area contributed by atoms with Crippen LogP contribution in [0.15, 0.2) is 5.10 Å². The lowest BCUT2D eigenvalue weighted by atomic mass is 10.6. The minimum absolute atomic E-state index is 0.750. The number of hydrogen-bond donors (Lipinski definition) is 0. The highest BCUT2D eigenvalue weighted by molar-refractivity contribution is 5.21. The molecule has 1 aliphatic carbocycles. The third kappa shape index (κ3) is 0.892. The zero-order valence-electron chi connectivity index (χ0n) is 5.59. The van der Waals surface area contributed by atoms with Crippen LogP contribution in [-0.4, -0.2) is 31.4 Å². The van der Waals surface area contributed by atoms with Crippen molar-refractivity contribution in [3.63, 3.8) is 0 Å². The van der Waals surface area contributed by atoms with Crippen LogP contribution in [-0.2, 0) is 0 Å². The van der Waals surface area contributed by atoms with Crippen LogP contribution < -0.4 is 0 Å². The van der Waals surface area contributed by atoms with Crippen LogP contribution in [0.2, 0.25) is 0 Å². The van der Waals surface area contributed by atoms with Crippen LogP contribution in [0.3, 0.4) is 0 Å². The molecule has 2 heteroatoms. The molecule has 1 fully saturated rings. The molecule has 0 unspecified atom stereocenters. The SMILES string of the molecule is C=N[N+](C)(C)C1CC1. The fourth-order valence-corrected chi connectivity index (χ4v) is 0.822. The standard InChI is InChI=1S/C6H13N2/c1-7-8(2,3)6-4-5-6/h6H,1,4-5H2,2-3H3/q+1. The quantitative estimate of drug-likeness (QED) is 0.286. The highest BCUT2D eigenvalue weighted by Gasteiger charge is 2.38. The first-order valence-corrected chi connectivity index (χ1v) is 2.99. The zero-order chi connectivity index (χ0) is 6.20. The van der Waals surface area contributed by atoms with Gasteiger partial charge in [0.1, 0.15) is 6.04 Å². The molecule has 0 saturated heterocycles. The van der Waals surface area contributed by atoms with E-state index in [1.165, 1.54) is 12.8 Å². The van der Waals surface area contributed by atoms with E-state index in [1.807, 2.05) is 0 Å². The molecule has 2 nitrogen and oxygen atoms in total. The molecule has 46 valence electrons. The Morgan fingerprint density at radius 3 is 2.12 bits per heavy atom. The van der Waals surface area contributed by atoms with Crippen LogP contribution in [0.5, 0.6) is 0 Å². The Hall–Kier alpha value is -0.370. The summed E-state index contributed by atoms with van der Waals surface area (Å²) in [6.07, 6.45) is 2.65. The van der Waals surface area contributed by atoms with Crippen LogP contribution in [0.4, 0.5) is 0 Å². The highest BCUT2D eigenvalue weighted by Crippen LogP contribution is 2.30. The topological polar surface area (TPSA) is 12.4 Å². The summed E-state index contributed by atoms with van der Waals surface area (Å²) in [6.45, 7) is 3.52. The molecule has 0 aliphatic heterocycles. The van der Waals surface area contributed by atoms with Crippen molar-refractivity contribution in [3.8, 4) is 0 Å². The Balaban J connectivity index is 2.49. The Kier molecular flexibility index (Phi) is 1.12. The fraction of sp³-hybridized carbons (Fsp3) is 0.833. The van der Waals surface area contributed by atoms with Gasteiger partial charge in [-0.05, 0) is 0 Å². The van der Waals surface area contributed by atoms with Crippen molar-refractivity contribution >= 4 is 6.72 Å². The summed E-state index contributed by atoms with van der Waals surface area (Å²) < 4.78 is 0.750. The maximum absolute atomic E-state index is 3.97. The minimum atomic E-state index is 0.750. The first kappa shape index (κ1) is 5.76. The van der Waals surface area contributed by atoms with Crippen molar-refractivity contribution in [1.82, 2.24) is 0 Å². The van der Waals surface area contributed by atoms with E-state index in [0.717, 1.165) is 10.6 Å². The lowest BCUT2D eigenvalue weighted by molar-refractivity contribution is -0.907. The van der Waals surface area contributed by atoms with Crippen molar-refractivity contribution in [2.45, 2.75) is 18.9 Å². The molecule has 1 saturated carbocycles. The van der Waals surface area contributed by atoms with Gasteiger partial charge in [-0.2, -0.15) is 0 Å². The Morgan fingerprint density at radius 1 is 1.50 bits per heavy atom. The average Bonchev–Trinajstić information content (AvgIpc) is 2.44. The second-order valence-corrected chi connectivity index (χ2v) is 2.85. The molecule has 0 aromatic rings. The fourth-order valence-electron chi connectivity index (χ4n) is 0.822. The van der Waals surface area contributed by atoms with Crippen LogP contribution in [0.1, 0.15) is 12.8 Å². The molecule has 1 aliphatic rings. The Labute approximate surface area is 50.4 Å². The number of rotatable bonds is 2. The third-order valence-electron chi connectivity index (χ3n) is 1.80. The maximum atomic E-state index is 3.97. The van der Waals surface area contributed by atoms with Gasteiger partial charge in [-0.25, -0.2) is 4.59 Å². The van der Waals surface area contributed by atoms with Crippen LogP contribution in [0.25, 0.3) is 0 Å². The highest BCUT2D eigenvalue weighted by atomic mass is 15.6. The van der Waals surface area contributed by atoms with Gasteiger partial charge in [0, 0.05) is 19.6 Å². The smallest absolute Gasteiger partial charge is 0.113 e. The molecule has 0 amide bonds. The number of nitrogens with zero attached hydrogens (tertiary/aromatic N) is 2. The lowest BCUT2D eigenvalue weighted by Crippen LogP contribution is -2.35. The summed E-state index contributed by atoms with van der Waals surface area (Å²) in [4.78, 5) is 0. The van der Waals surface area contributed by atoms with E-state index in [0.29, 0.717) is 0 Å². The van der Waals surface area contributed by atoms with Gasteiger partial charge >= 0.3 is 0 Å². The molecule has 0 aromatic carbocycles. The van der Waals surface area contributed by atoms with Gasteiger partial charge in [0.15, 0.2) is 0 Å². The second kappa shape index (κ2) is 1.55. The maximum Gasteiger partial charge on any atom is 0.113 e. The largest absolute Gasteiger partial charge is 0.201 e. The molecule has 0 bridgehead atoms. The van der Waals surface area contributed by atoms with Gasteiger partial charge in [0.25, 0.3) is 0 Å². The number of quaternary nitrogens is 1. The molecule has 0 aromatic heterocycles. The summed E-state index contributed by atoms with van der Waals surface area (Å²) in [6, 6.07) is 0.771. The number of hydrogen-bond acceptors (Lipinski definition) is 1. The van der Waals surface area contributed by atoms with E-state index >= 15 is 0 Å². The van der Waals surface area contributed by atoms with Gasteiger partial charge in [-0.1, -0.05) is 5.10 Å². The van der Waals surface area contributed by atoms with Crippen molar-refractivity contribution in [2.24, 2.45) is 5.10 Å². The summed E-state index contributed by atoms with van der Waals surface area (Å²) in [5, 5.41) is 3.97. The minimum Gasteiger partial charge on any atom is -0.201 e. The first-order chi connectivity index (χ1) is 3.67. The van der Waals surface area contributed by atoms with Crippen LogP contribution in [0, 0.1) is 0 Å². The lowest BCUT2D eigenvalue weighted by Gasteiger charge is -2.20. The van der Waals surface area contributed by atoms with Gasteiger partial charge < -0.3 is 0 Å². The molecular weight excluding hydrogens is 100 g/mol. The zero-order valence-corrected chi connectivity index (χ0v) is 5.59. The van der Waals surface area contributed by atoms with E-state index < -0.39 is 0 Å². The first-order valence-electron chi connectivity index (χ1n) is 2.99.